The predicted octanol–water partition coefficient (Wildman–Crippen LogP) is 3.44. The number of amides is 1. The van der Waals surface area contributed by atoms with Crippen LogP contribution in [0.15, 0.2) is 22.7 Å². The normalized spacial score (nSPS) is 23.1. The summed E-state index contributed by atoms with van der Waals surface area (Å²) in [5.41, 5.74) is 7.01. The van der Waals surface area contributed by atoms with E-state index in [2.05, 4.69) is 27.5 Å². The van der Waals surface area contributed by atoms with E-state index in [9.17, 15) is 4.79 Å². The summed E-state index contributed by atoms with van der Waals surface area (Å²) >= 11 is 5.31. The maximum atomic E-state index is 12.2. The molecule has 0 saturated heterocycles. The molecule has 1 fully saturated rings. The van der Waals surface area contributed by atoms with E-state index >= 15 is 0 Å². The standard InChI is InChI=1S/C14H19BrN2OS/c1-19-10-7-5-9(6-8-10)17-14(18)11-3-2-4-12(16)13(11)15/h2-4,9-10H,5-8,16H2,1H3,(H,17,18). The predicted molar refractivity (Wildman–Crippen MR) is 85.6 cm³/mol. The fraction of sp³-hybridized carbons (Fsp3) is 0.500. The van der Waals surface area contributed by atoms with E-state index in [1.54, 1.807) is 18.2 Å². The highest BCUT2D eigenvalue weighted by atomic mass is 79.9. The molecule has 1 aromatic carbocycles. The average molecular weight is 343 g/mol. The van der Waals surface area contributed by atoms with Gasteiger partial charge in [-0.25, -0.2) is 0 Å². The van der Waals surface area contributed by atoms with E-state index in [-0.39, 0.29) is 5.91 Å². The highest BCUT2D eigenvalue weighted by Crippen LogP contribution is 2.28. The molecule has 1 saturated carbocycles. The Kier molecular flexibility index (Phi) is 5.16. The Morgan fingerprint density at radius 3 is 2.68 bits per heavy atom. The number of nitrogens with two attached hydrogens (primary N) is 1. The number of thioether (sulfide) groups is 1. The van der Waals surface area contributed by atoms with Crippen LogP contribution in [0.25, 0.3) is 0 Å². The minimum atomic E-state index is -0.0354. The summed E-state index contributed by atoms with van der Waals surface area (Å²) in [6.07, 6.45) is 6.66. The maximum absolute atomic E-state index is 12.2. The first-order valence-corrected chi connectivity index (χ1v) is 8.57. The molecule has 1 aliphatic rings. The molecule has 0 heterocycles. The zero-order valence-electron chi connectivity index (χ0n) is 11.0. The highest BCUT2D eigenvalue weighted by molar-refractivity contribution is 9.10. The van der Waals surface area contributed by atoms with Crippen LogP contribution in [-0.2, 0) is 0 Å². The molecule has 0 bridgehead atoms. The van der Waals surface area contributed by atoms with Gasteiger partial charge < -0.3 is 11.1 Å². The van der Waals surface area contributed by atoms with Gasteiger partial charge in [0.1, 0.15) is 0 Å². The van der Waals surface area contributed by atoms with Crippen molar-refractivity contribution in [2.75, 3.05) is 12.0 Å². The number of rotatable bonds is 3. The molecule has 3 N–H and O–H groups in total. The summed E-state index contributed by atoms with van der Waals surface area (Å²) in [5.74, 6) is -0.0354. The smallest absolute Gasteiger partial charge is 0.252 e. The molecule has 1 amide bonds. The molecule has 0 aliphatic heterocycles. The molecule has 2 rings (SSSR count). The van der Waals surface area contributed by atoms with Crippen LogP contribution in [0.5, 0.6) is 0 Å². The Morgan fingerprint density at radius 1 is 1.37 bits per heavy atom. The largest absolute Gasteiger partial charge is 0.398 e. The summed E-state index contributed by atoms with van der Waals surface area (Å²) in [6, 6.07) is 5.68. The molecule has 0 atom stereocenters. The second kappa shape index (κ2) is 6.66. The van der Waals surface area contributed by atoms with Crippen LogP contribution < -0.4 is 11.1 Å². The van der Waals surface area contributed by atoms with Crippen molar-refractivity contribution in [3.05, 3.63) is 28.2 Å². The second-order valence-corrected chi connectivity index (χ2v) is 6.82. The second-order valence-electron chi connectivity index (χ2n) is 4.89. The Labute approximate surface area is 126 Å². The number of anilines is 1. The van der Waals surface area contributed by atoms with Gasteiger partial charge in [-0.3, -0.25) is 4.79 Å². The molecule has 3 nitrogen and oxygen atoms in total. The fourth-order valence-corrected chi connectivity index (χ4v) is 3.62. The molecule has 5 heteroatoms. The fourth-order valence-electron chi connectivity index (χ4n) is 2.43. The first-order chi connectivity index (χ1) is 9.11. The van der Waals surface area contributed by atoms with Gasteiger partial charge >= 0.3 is 0 Å². The SMILES string of the molecule is CSC1CCC(NC(=O)c2cccc(N)c2Br)CC1. The van der Waals surface area contributed by atoms with E-state index in [4.69, 9.17) is 5.73 Å². The van der Waals surface area contributed by atoms with Crippen molar-refractivity contribution in [3.8, 4) is 0 Å². The lowest BCUT2D eigenvalue weighted by molar-refractivity contribution is 0.0927. The van der Waals surface area contributed by atoms with E-state index in [1.807, 2.05) is 11.8 Å². The summed E-state index contributed by atoms with van der Waals surface area (Å²) in [7, 11) is 0. The Morgan fingerprint density at radius 2 is 2.05 bits per heavy atom. The monoisotopic (exact) mass is 342 g/mol. The lowest BCUT2D eigenvalue weighted by Crippen LogP contribution is -2.38. The lowest BCUT2D eigenvalue weighted by atomic mass is 9.94. The molecule has 0 spiro atoms. The zero-order valence-corrected chi connectivity index (χ0v) is 13.4. The molecular formula is C14H19BrN2OS. The van der Waals surface area contributed by atoms with Gasteiger partial charge in [0.05, 0.1) is 10.0 Å². The third-order valence-corrected chi connectivity index (χ3v) is 5.64. The molecule has 0 unspecified atom stereocenters. The van der Waals surface area contributed by atoms with E-state index in [0.29, 0.717) is 21.8 Å². The summed E-state index contributed by atoms with van der Waals surface area (Å²) < 4.78 is 0.685. The topological polar surface area (TPSA) is 55.1 Å². The van der Waals surface area contributed by atoms with Crippen LogP contribution in [0, 0.1) is 0 Å². The van der Waals surface area contributed by atoms with Gasteiger partial charge in [-0.2, -0.15) is 11.8 Å². The molecule has 1 aromatic rings. The van der Waals surface area contributed by atoms with Crippen LogP contribution in [0.3, 0.4) is 0 Å². The molecular weight excluding hydrogens is 324 g/mol. The van der Waals surface area contributed by atoms with Crippen LogP contribution in [0.4, 0.5) is 5.69 Å². The van der Waals surface area contributed by atoms with E-state index in [1.165, 1.54) is 12.8 Å². The van der Waals surface area contributed by atoms with Gasteiger partial charge in [-0.15, -0.1) is 0 Å². The third kappa shape index (κ3) is 3.66. The van der Waals surface area contributed by atoms with Crippen LogP contribution in [-0.4, -0.2) is 23.5 Å². The van der Waals surface area contributed by atoms with Crippen molar-refractivity contribution in [1.29, 1.82) is 0 Å². The summed E-state index contributed by atoms with van der Waals surface area (Å²) in [5, 5.41) is 3.87. The number of benzene rings is 1. The summed E-state index contributed by atoms with van der Waals surface area (Å²) in [4.78, 5) is 12.2. The van der Waals surface area contributed by atoms with E-state index < -0.39 is 0 Å². The summed E-state index contributed by atoms with van der Waals surface area (Å²) in [6.45, 7) is 0. The number of nitrogens with one attached hydrogen (secondary N) is 1. The molecule has 0 aromatic heterocycles. The molecule has 104 valence electrons. The van der Waals surface area contributed by atoms with Crippen molar-refractivity contribution < 1.29 is 4.79 Å². The van der Waals surface area contributed by atoms with Gasteiger partial charge in [0, 0.05) is 17.0 Å². The number of nitrogen functional groups attached to an aromatic ring is 1. The van der Waals surface area contributed by atoms with E-state index in [0.717, 1.165) is 18.1 Å². The van der Waals surface area contributed by atoms with Crippen molar-refractivity contribution in [2.24, 2.45) is 0 Å². The minimum Gasteiger partial charge on any atom is -0.398 e. The van der Waals surface area contributed by atoms with Crippen molar-refractivity contribution in [1.82, 2.24) is 5.32 Å². The lowest BCUT2D eigenvalue weighted by Gasteiger charge is -2.28. The first kappa shape index (κ1) is 14.7. The van der Waals surface area contributed by atoms with Gasteiger partial charge in [-0.05, 0) is 60.0 Å². The minimum absolute atomic E-state index is 0.0354. The number of hydrogen-bond donors (Lipinski definition) is 2. The van der Waals surface area contributed by atoms with Crippen molar-refractivity contribution in [3.63, 3.8) is 0 Å². The maximum Gasteiger partial charge on any atom is 0.252 e. The van der Waals surface area contributed by atoms with Crippen LogP contribution >= 0.6 is 27.7 Å². The molecule has 1 aliphatic carbocycles. The zero-order chi connectivity index (χ0) is 13.8. The first-order valence-electron chi connectivity index (χ1n) is 6.49. The Hall–Kier alpha value is -0.680. The van der Waals surface area contributed by atoms with Gasteiger partial charge in [0.15, 0.2) is 0 Å². The van der Waals surface area contributed by atoms with Gasteiger partial charge in [0.2, 0.25) is 0 Å². The number of halogens is 1. The van der Waals surface area contributed by atoms with Crippen molar-refractivity contribution >= 4 is 39.3 Å². The van der Waals surface area contributed by atoms with Crippen molar-refractivity contribution in [2.45, 2.75) is 37.0 Å². The third-order valence-electron chi connectivity index (χ3n) is 3.62. The van der Waals surface area contributed by atoms with Gasteiger partial charge in [0.25, 0.3) is 5.91 Å². The van der Waals surface area contributed by atoms with Crippen LogP contribution in [0.1, 0.15) is 36.0 Å². The molecule has 19 heavy (non-hydrogen) atoms. The number of carbonyl (C=O) groups is 1. The average Bonchev–Trinajstić information content (AvgIpc) is 2.42. The Bertz CT molecular complexity index is 459. The quantitative estimate of drug-likeness (QED) is 0.827. The van der Waals surface area contributed by atoms with Crippen LogP contribution in [0.2, 0.25) is 0 Å². The molecule has 0 radical (unpaired) electrons. The highest BCUT2D eigenvalue weighted by Gasteiger charge is 2.22. The number of carbonyl (C=O) groups excluding carboxylic acids is 1. The Balaban J connectivity index is 1.96. The number of hydrogen-bond acceptors (Lipinski definition) is 3. The van der Waals surface area contributed by atoms with Gasteiger partial charge in [-0.1, -0.05) is 6.07 Å².